The molecule has 7 heavy (non-hydrogen) atoms. The molecule has 2 N–H and O–H groups in total. The smallest absolute Gasteiger partial charge is 0.241 e. The number of halogens is 3. The Morgan fingerprint density at radius 3 is 2.00 bits per heavy atom. The van der Waals surface area contributed by atoms with Crippen molar-refractivity contribution in [2.24, 2.45) is 5.90 Å². The first-order valence-corrected chi connectivity index (χ1v) is 1.44. The van der Waals surface area contributed by atoms with Crippen molar-refractivity contribution in [2.75, 3.05) is 6.67 Å². The zero-order valence-electron chi connectivity index (χ0n) is 3.33. The maximum Gasteiger partial charge on any atom is 0.398 e. The van der Waals surface area contributed by atoms with E-state index in [2.05, 4.69) is 10.7 Å². The molecule has 0 atom stereocenters. The lowest BCUT2D eigenvalue weighted by molar-refractivity contribution is -0.249. The largest absolute Gasteiger partial charge is 0.398 e. The van der Waals surface area contributed by atoms with E-state index in [-0.39, 0.29) is 0 Å². The molecular weight excluding hydrogens is 111 g/mol. The summed E-state index contributed by atoms with van der Waals surface area (Å²) in [5.74, 6) is 3.93. The summed E-state index contributed by atoms with van der Waals surface area (Å²) < 4.78 is 33.1. The van der Waals surface area contributed by atoms with E-state index in [0.29, 0.717) is 0 Å². The summed E-state index contributed by atoms with van der Waals surface area (Å²) >= 11 is 0. The summed E-state index contributed by atoms with van der Waals surface area (Å²) in [4.78, 5) is 2.88. The first-order chi connectivity index (χ1) is 3.12. The second-order valence-electron chi connectivity index (χ2n) is 0.889. The highest BCUT2D eigenvalue weighted by atomic mass is 19.3. The molecule has 0 aromatic rings. The lowest BCUT2D eigenvalue weighted by Gasteiger charge is -2.05. The van der Waals surface area contributed by atoms with Crippen molar-refractivity contribution < 1.29 is 18.0 Å². The molecule has 0 rings (SSSR count). The minimum absolute atomic E-state index is 1.89. The van der Waals surface area contributed by atoms with Crippen molar-refractivity contribution in [3.8, 4) is 0 Å². The lowest BCUT2D eigenvalue weighted by atomic mass is 10.7. The summed E-state index contributed by atoms with van der Waals surface area (Å²) in [6.45, 7) is -1.89. The van der Waals surface area contributed by atoms with Gasteiger partial charge in [-0.25, -0.2) is 15.1 Å². The van der Waals surface area contributed by atoms with Crippen molar-refractivity contribution in [3.63, 3.8) is 0 Å². The van der Waals surface area contributed by atoms with Crippen molar-refractivity contribution in [2.45, 2.75) is 6.11 Å². The molecule has 0 amide bonds. The van der Waals surface area contributed by atoms with E-state index in [0.717, 1.165) is 0 Å². The van der Waals surface area contributed by atoms with Gasteiger partial charge in [-0.3, -0.25) is 0 Å². The van der Waals surface area contributed by atoms with Crippen molar-refractivity contribution in [1.82, 2.24) is 0 Å². The number of rotatable bonds is 2. The topological polar surface area (TPSA) is 35.2 Å². The first kappa shape index (κ1) is 6.71. The van der Waals surface area contributed by atoms with Gasteiger partial charge in [0, 0.05) is 0 Å². The predicted octanol–water partition coefficient (Wildman–Crippen LogP) is 0.439. The van der Waals surface area contributed by atoms with Gasteiger partial charge in [0.25, 0.3) is 0 Å². The summed E-state index contributed by atoms with van der Waals surface area (Å²) in [5.41, 5.74) is 0. The molecule has 0 aliphatic carbocycles. The fourth-order valence-electron chi connectivity index (χ4n) is 0.0315. The summed E-state index contributed by atoms with van der Waals surface area (Å²) in [5, 5.41) is 0. The van der Waals surface area contributed by atoms with E-state index >= 15 is 0 Å². The predicted molar refractivity (Wildman–Crippen MR) is 16.2 cm³/mol. The Morgan fingerprint density at radius 2 is 2.00 bits per heavy atom. The highest BCUT2D eigenvalue weighted by molar-refractivity contribution is 4.42. The van der Waals surface area contributed by atoms with Crippen LogP contribution >= 0.6 is 0 Å². The molecule has 5 heteroatoms. The van der Waals surface area contributed by atoms with Crippen LogP contribution in [0, 0.1) is 0 Å². The van der Waals surface area contributed by atoms with E-state index in [1.165, 1.54) is 0 Å². The third-order valence-electron chi connectivity index (χ3n) is 0.328. The van der Waals surface area contributed by atoms with E-state index in [4.69, 9.17) is 0 Å². The fourth-order valence-corrected chi connectivity index (χ4v) is 0.0315. The van der Waals surface area contributed by atoms with Gasteiger partial charge in [-0.15, -0.1) is 0 Å². The molecule has 0 radical (unpaired) electrons. The minimum atomic E-state index is -3.81. The Kier molecular flexibility index (Phi) is 2.04. The van der Waals surface area contributed by atoms with E-state index in [9.17, 15) is 13.2 Å². The molecule has 0 fully saturated rings. The minimum Gasteiger partial charge on any atom is -0.241 e. The second-order valence-corrected chi connectivity index (χ2v) is 0.889. The van der Waals surface area contributed by atoms with Gasteiger partial charge in [0.15, 0.2) is 6.67 Å². The highest BCUT2D eigenvalue weighted by Gasteiger charge is 2.28. The average molecular weight is 115 g/mol. The van der Waals surface area contributed by atoms with Gasteiger partial charge in [-0.2, -0.15) is 8.78 Å². The molecule has 0 aliphatic heterocycles. The van der Waals surface area contributed by atoms with Crippen molar-refractivity contribution in [1.29, 1.82) is 0 Å². The molecule has 0 aromatic carbocycles. The third kappa shape index (κ3) is 2.41. The Bertz CT molecular complexity index is 50.9. The molecule has 44 valence electrons. The van der Waals surface area contributed by atoms with Crippen molar-refractivity contribution in [3.05, 3.63) is 0 Å². The van der Waals surface area contributed by atoms with E-state index < -0.39 is 12.8 Å². The molecule has 0 bridgehead atoms. The quantitative estimate of drug-likeness (QED) is 0.530. The Hall–Kier alpha value is -0.290. The molecule has 2 nitrogen and oxygen atoms in total. The van der Waals surface area contributed by atoms with Crippen LogP contribution in [0.25, 0.3) is 0 Å². The van der Waals surface area contributed by atoms with Crippen LogP contribution in [0.15, 0.2) is 0 Å². The average Bonchev–Trinajstić information content (AvgIpc) is 1.68. The lowest BCUT2D eigenvalue weighted by Crippen LogP contribution is -2.26. The van der Waals surface area contributed by atoms with Gasteiger partial charge in [-0.1, -0.05) is 0 Å². The fraction of sp³-hybridized carbons (Fsp3) is 1.00. The second kappa shape index (κ2) is 2.13. The van der Waals surface area contributed by atoms with Gasteiger partial charge in [-0.05, 0) is 0 Å². The normalized spacial score (nSPS) is 12.0. The van der Waals surface area contributed by atoms with Crippen LogP contribution in [-0.4, -0.2) is 12.8 Å². The maximum atomic E-state index is 11.2. The molecule has 0 saturated heterocycles. The van der Waals surface area contributed by atoms with Gasteiger partial charge in [0.05, 0.1) is 0 Å². The Morgan fingerprint density at radius 1 is 1.57 bits per heavy atom. The van der Waals surface area contributed by atoms with Gasteiger partial charge in [0.2, 0.25) is 0 Å². The monoisotopic (exact) mass is 115 g/mol. The van der Waals surface area contributed by atoms with Gasteiger partial charge >= 0.3 is 6.11 Å². The van der Waals surface area contributed by atoms with Gasteiger partial charge in [0.1, 0.15) is 0 Å². The molecule has 0 aromatic heterocycles. The van der Waals surface area contributed by atoms with Crippen LogP contribution in [0.2, 0.25) is 0 Å². The number of hydrogen-bond acceptors (Lipinski definition) is 2. The Balaban J connectivity index is 3.36. The Labute approximate surface area is 38.0 Å². The van der Waals surface area contributed by atoms with Crippen LogP contribution < -0.4 is 5.90 Å². The maximum absolute atomic E-state index is 11.2. The molecule has 0 unspecified atom stereocenters. The molecule has 0 heterocycles. The molecule has 0 saturated carbocycles. The standard InChI is InChI=1S/C2H4F3NO/c3-1-2(4,5)7-6/h1,6H2. The van der Waals surface area contributed by atoms with E-state index in [1.807, 2.05) is 0 Å². The van der Waals surface area contributed by atoms with Crippen molar-refractivity contribution >= 4 is 0 Å². The van der Waals surface area contributed by atoms with Crippen LogP contribution in [0.5, 0.6) is 0 Å². The van der Waals surface area contributed by atoms with Crippen LogP contribution in [0.4, 0.5) is 13.2 Å². The van der Waals surface area contributed by atoms with Gasteiger partial charge < -0.3 is 0 Å². The highest BCUT2D eigenvalue weighted by Crippen LogP contribution is 2.11. The molecule has 0 aliphatic rings. The molecule has 0 spiro atoms. The van der Waals surface area contributed by atoms with Crippen LogP contribution in [0.1, 0.15) is 0 Å². The zero-order valence-corrected chi connectivity index (χ0v) is 3.33. The number of nitrogens with two attached hydrogens (primary N) is 1. The number of hydrogen-bond donors (Lipinski definition) is 1. The van der Waals surface area contributed by atoms with Crippen LogP contribution in [0.3, 0.4) is 0 Å². The third-order valence-corrected chi connectivity index (χ3v) is 0.328. The summed E-state index contributed by atoms with van der Waals surface area (Å²) in [6, 6.07) is 0. The number of alkyl halides is 3. The molecular formula is C2H4F3NO. The van der Waals surface area contributed by atoms with Crippen LogP contribution in [-0.2, 0) is 4.84 Å². The zero-order chi connectivity index (χ0) is 5.91. The summed E-state index contributed by atoms with van der Waals surface area (Å²) in [7, 11) is 0. The summed E-state index contributed by atoms with van der Waals surface area (Å²) in [6.07, 6.45) is -3.81. The van der Waals surface area contributed by atoms with E-state index in [1.54, 1.807) is 0 Å². The SMILES string of the molecule is NOC(F)(F)CF. The first-order valence-electron chi connectivity index (χ1n) is 1.44.